The van der Waals surface area contributed by atoms with E-state index >= 15 is 0 Å². The molecule has 1 aromatic heterocycles. The Bertz CT molecular complexity index is 1750. The Morgan fingerprint density at radius 1 is 1.11 bits per heavy atom. The molecule has 1 amide bonds. The van der Waals surface area contributed by atoms with Gasteiger partial charge in [-0.1, -0.05) is 67.6 Å². The molecule has 3 aromatic rings. The molecule has 1 heterocycles. The summed E-state index contributed by atoms with van der Waals surface area (Å²) in [7, 11) is 1.94. The van der Waals surface area contributed by atoms with Crippen molar-refractivity contribution in [1.29, 1.82) is 0 Å². The molecule has 8 nitrogen and oxygen atoms in total. The minimum atomic E-state index is -1.42. The summed E-state index contributed by atoms with van der Waals surface area (Å²) in [5.74, 6) is 0.00353. The molecule has 0 bridgehead atoms. The van der Waals surface area contributed by atoms with Crippen LogP contribution in [0.15, 0.2) is 83.6 Å². The van der Waals surface area contributed by atoms with Gasteiger partial charge in [0.15, 0.2) is 22.3 Å². The predicted molar refractivity (Wildman–Crippen MR) is 174 cm³/mol. The summed E-state index contributed by atoms with van der Waals surface area (Å²) in [4.78, 5) is 45.1. The van der Waals surface area contributed by atoms with E-state index in [2.05, 4.69) is 12.2 Å². The van der Waals surface area contributed by atoms with Gasteiger partial charge in [0.25, 0.3) is 0 Å². The number of hydrogen-bond acceptors (Lipinski definition) is 7. The van der Waals surface area contributed by atoms with Crippen molar-refractivity contribution in [3.8, 4) is 0 Å². The second-order valence-electron chi connectivity index (χ2n) is 13.6. The van der Waals surface area contributed by atoms with Crippen LogP contribution in [0, 0.1) is 28.6 Å². The van der Waals surface area contributed by atoms with Gasteiger partial charge in [-0.25, -0.2) is 9.78 Å². The molecule has 2 N–H and O–H groups in total. The molecule has 4 aliphatic carbocycles. The Hall–Kier alpha value is -3.69. The van der Waals surface area contributed by atoms with Gasteiger partial charge in [-0.3, -0.25) is 14.9 Å². The smallest absolute Gasteiger partial charge is 0.412 e. The molecule has 4 aliphatic rings. The second kappa shape index (κ2) is 11.0. The third-order valence-electron chi connectivity index (χ3n) is 11.4. The Kier molecular flexibility index (Phi) is 7.32. The minimum Gasteiger partial charge on any atom is -0.434 e. The normalized spacial score (nSPS) is 33.6. The van der Waals surface area contributed by atoms with Gasteiger partial charge in [-0.2, -0.15) is 0 Å². The number of Topliss-reactive ketones (excluding diaryl/α,β-unsaturated/α-hetero) is 1. The number of fused-ring (bicyclic) bond motifs is 6. The summed E-state index contributed by atoms with van der Waals surface area (Å²) < 4.78 is 8.35. The zero-order valence-electron chi connectivity index (χ0n) is 25.9. The molecule has 3 saturated carbocycles. The molecule has 5 unspecified atom stereocenters. The van der Waals surface area contributed by atoms with E-state index in [1.54, 1.807) is 24.3 Å². The first-order valence-electron chi connectivity index (χ1n) is 15.8. The van der Waals surface area contributed by atoms with Crippen LogP contribution in [0.3, 0.4) is 0 Å². The number of aryl methyl sites for hydroxylation is 1. The largest absolute Gasteiger partial charge is 0.434 e. The van der Waals surface area contributed by atoms with Crippen molar-refractivity contribution in [2.75, 3.05) is 11.1 Å². The number of carbonyl (C=O) groups excluding carboxylic acids is 3. The number of ketones is 2. The van der Waals surface area contributed by atoms with Crippen molar-refractivity contribution in [1.82, 2.24) is 9.55 Å². The predicted octanol–water partition coefficient (Wildman–Crippen LogP) is 6.50. The van der Waals surface area contributed by atoms with Gasteiger partial charge >= 0.3 is 6.09 Å². The number of aliphatic hydroxyl groups is 1. The van der Waals surface area contributed by atoms with Crippen molar-refractivity contribution >= 4 is 46.1 Å². The maximum atomic E-state index is 14.6. The van der Waals surface area contributed by atoms with E-state index in [0.717, 1.165) is 34.6 Å². The van der Waals surface area contributed by atoms with Crippen molar-refractivity contribution in [3.63, 3.8) is 0 Å². The lowest BCUT2D eigenvalue weighted by atomic mass is 9.46. The summed E-state index contributed by atoms with van der Waals surface area (Å²) in [6.07, 6.45) is 6.97. The Morgan fingerprint density at radius 2 is 1.87 bits per heavy atom. The number of rotatable bonds is 6. The highest BCUT2D eigenvalue weighted by atomic mass is 32.2. The Labute approximate surface area is 267 Å². The number of allylic oxidation sites excluding steroid dienone is 4. The number of amides is 1. The monoisotopic (exact) mass is 625 g/mol. The van der Waals surface area contributed by atoms with E-state index < -0.39 is 28.6 Å². The van der Waals surface area contributed by atoms with Crippen molar-refractivity contribution < 1.29 is 24.2 Å². The van der Waals surface area contributed by atoms with Gasteiger partial charge in [-0.05, 0) is 80.4 Å². The van der Waals surface area contributed by atoms with Crippen molar-refractivity contribution in [3.05, 3.63) is 78.4 Å². The van der Waals surface area contributed by atoms with Crippen LogP contribution in [-0.4, -0.2) is 49.8 Å². The first kappa shape index (κ1) is 30.0. The maximum absolute atomic E-state index is 14.6. The van der Waals surface area contributed by atoms with E-state index in [1.807, 2.05) is 67.1 Å². The van der Waals surface area contributed by atoms with E-state index in [1.165, 1.54) is 11.8 Å². The number of nitrogens with zero attached hydrogens (tertiary/aromatic N) is 2. The Morgan fingerprint density at radius 3 is 2.64 bits per heavy atom. The van der Waals surface area contributed by atoms with Crippen LogP contribution >= 0.6 is 11.8 Å². The zero-order chi connectivity index (χ0) is 31.6. The average Bonchev–Trinajstić information content (AvgIpc) is 3.49. The fraction of sp³-hybridized carbons (Fsp3) is 0.444. The lowest BCUT2D eigenvalue weighted by Gasteiger charge is -2.59. The zero-order valence-corrected chi connectivity index (χ0v) is 26.7. The number of imidazole rings is 1. The molecule has 0 saturated heterocycles. The Balaban J connectivity index is 1.22. The number of ether oxygens (including phenoxy) is 1. The number of hydrogen-bond donors (Lipinski definition) is 2. The number of para-hydroxylation sites is 3. The fourth-order valence-corrected chi connectivity index (χ4v) is 10.3. The van der Waals surface area contributed by atoms with Crippen molar-refractivity contribution in [2.24, 2.45) is 35.6 Å². The summed E-state index contributed by atoms with van der Waals surface area (Å²) in [6, 6.07) is 16.9. The van der Waals surface area contributed by atoms with Gasteiger partial charge in [0, 0.05) is 29.5 Å². The molecule has 2 aromatic carbocycles. The highest BCUT2D eigenvalue weighted by molar-refractivity contribution is 7.99. The quantitative estimate of drug-likeness (QED) is 0.301. The minimum absolute atomic E-state index is 0.00233. The molecule has 0 aliphatic heterocycles. The second-order valence-corrected chi connectivity index (χ2v) is 14.6. The van der Waals surface area contributed by atoms with Crippen LogP contribution in [0.5, 0.6) is 0 Å². The third kappa shape index (κ3) is 4.69. The maximum Gasteiger partial charge on any atom is 0.412 e. The van der Waals surface area contributed by atoms with Gasteiger partial charge in [0.05, 0.1) is 22.9 Å². The summed E-state index contributed by atoms with van der Waals surface area (Å²) in [5, 5.41) is 15.5. The third-order valence-corrected chi connectivity index (χ3v) is 12.5. The van der Waals surface area contributed by atoms with E-state index in [4.69, 9.17) is 9.72 Å². The van der Waals surface area contributed by atoms with Crippen molar-refractivity contribution in [2.45, 2.75) is 62.8 Å². The molecule has 0 radical (unpaired) electrons. The highest BCUT2D eigenvalue weighted by Crippen LogP contribution is 2.68. The number of aliphatic hydroxyl groups excluding tert-OH is 1. The van der Waals surface area contributed by atoms with Crippen LogP contribution in [0.4, 0.5) is 10.5 Å². The number of benzene rings is 2. The van der Waals surface area contributed by atoms with E-state index in [9.17, 15) is 19.5 Å². The SMILES string of the molecule is Cn1c(SCC(=O)[C@@]2(OC(=O)Nc3ccccc3)CCC3C4CCC5=CC(=O)C=CC5(C)C4[C@@H](O)CC32C)nc2ccccc21. The van der Waals surface area contributed by atoms with Crippen LogP contribution in [0.1, 0.15) is 46.0 Å². The molecule has 7 rings (SSSR count). The molecular formula is C36H39N3O5S. The molecule has 0 spiro atoms. The molecule has 7 atom stereocenters. The number of anilines is 1. The molecule has 234 valence electrons. The summed E-state index contributed by atoms with van der Waals surface area (Å²) in [5.41, 5.74) is 0.876. The van der Waals surface area contributed by atoms with Crippen LogP contribution < -0.4 is 5.32 Å². The molecule has 3 fully saturated rings. The lowest BCUT2D eigenvalue weighted by molar-refractivity contribution is -0.174. The number of carbonyl (C=O) groups is 3. The standard InChI is InChI=1S/C36H39N3O5S/c1-34-17-15-24(40)19-22(34)13-14-25-26-16-18-36(35(26,2)20-29(41)31(25)34,44-33(43)37-23-9-5-4-6-10-23)30(42)21-45-32-38-27-11-7-8-12-28(27)39(32)3/h4-12,15,17,19,25-26,29,31,41H,13-14,16,18,20-21H2,1-3H3,(H,37,43)/t25?,26?,29-,31?,34?,35?,36-/m0/s1. The first-order chi connectivity index (χ1) is 21.6. The molecule has 9 heteroatoms. The first-order valence-corrected chi connectivity index (χ1v) is 16.8. The van der Waals surface area contributed by atoms with Gasteiger partial charge < -0.3 is 14.4 Å². The van der Waals surface area contributed by atoms with E-state index in [-0.39, 0.29) is 35.1 Å². The van der Waals surface area contributed by atoms with Gasteiger partial charge in [0.1, 0.15) is 0 Å². The van der Waals surface area contributed by atoms with E-state index in [0.29, 0.717) is 24.9 Å². The number of thioether (sulfide) groups is 1. The lowest BCUT2D eigenvalue weighted by Crippen LogP contribution is -2.63. The van der Waals surface area contributed by atoms with Crippen LogP contribution in [-0.2, 0) is 21.4 Å². The number of aromatic nitrogens is 2. The summed E-state index contributed by atoms with van der Waals surface area (Å²) in [6.45, 7) is 4.18. The average molecular weight is 626 g/mol. The summed E-state index contributed by atoms with van der Waals surface area (Å²) >= 11 is 1.35. The topological polar surface area (TPSA) is 111 Å². The molecular weight excluding hydrogens is 586 g/mol. The highest BCUT2D eigenvalue weighted by Gasteiger charge is 2.70. The number of nitrogens with one attached hydrogen (secondary N) is 1. The van der Waals surface area contributed by atoms with Crippen LogP contribution in [0.2, 0.25) is 0 Å². The van der Waals surface area contributed by atoms with Crippen LogP contribution in [0.25, 0.3) is 11.0 Å². The van der Waals surface area contributed by atoms with Gasteiger partial charge in [-0.15, -0.1) is 0 Å². The molecule has 45 heavy (non-hydrogen) atoms. The van der Waals surface area contributed by atoms with Gasteiger partial charge in [0.2, 0.25) is 0 Å². The fourth-order valence-electron chi connectivity index (χ4n) is 9.32.